The van der Waals surface area contributed by atoms with Gasteiger partial charge in [-0.1, -0.05) is 12.8 Å². The average molecular weight is 242 g/mol. The minimum Gasteiger partial charge on any atom is -0.388 e. The van der Waals surface area contributed by atoms with Crippen molar-refractivity contribution < 1.29 is 14.6 Å². The van der Waals surface area contributed by atoms with Gasteiger partial charge in [0.25, 0.3) is 0 Å². The first-order valence-corrected chi connectivity index (χ1v) is 6.42. The fraction of sp³-hybridized carbons (Fsp3) is 0.917. The zero-order valence-corrected chi connectivity index (χ0v) is 10.2. The number of carbonyl (C=O) groups excluding carboxylic acids is 1. The first-order chi connectivity index (χ1) is 8.04. The van der Waals surface area contributed by atoms with E-state index in [2.05, 4.69) is 5.32 Å². The van der Waals surface area contributed by atoms with Crippen LogP contribution in [0.3, 0.4) is 0 Å². The van der Waals surface area contributed by atoms with Gasteiger partial charge in [0, 0.05) is 32.6 Å². The second kappa shape index (κ2) is 4.92. The zero-order valence-electron chi connectivity index (χ0n) is 10.2. The number of nitrogens with two attached hydrogens (primary N) is 1. The Morgan fingerprint density at radius 1 is 1.24 bits per heavy atom. The largest absolute Gasteiger partial charge is 0.388 e. The van der Waals surface area contributed by atoms with Crippen LogP contribution in [0.25, 0.3) is 0 Å². The van der Waals surface area contributed by atoms with Crippen molar-refractivity contribution in [3.8, 4) is 0 Å². The van der Waals surface area contributed by atoms with E-state index >= 15 is 0 Å². The standard InChI is InChI=1S/C12H22N2O3/c13-12(3-1-2-4-12)10(15)14-9-11(16)5-7-17-8-6-11/h16H,1-9,13H2,(H,14,15). The van der Waals surface area contributed by atoms with Gasteiger partial charge in [0.1, 0.15) is 0 Å². The maximum atomic E-state index is 12.0. The Morgan fingerprint density at radius 3 is 2.41 bits per heavy atom. The molecule has 1 saturated heterocycles. The maximum absolute atomic E-state index is 12.0. The Labute approximate surface area is 102 Å². The number of amides is 1. The molecule has 98 valence electrons. The van der Waals surface area contributed by atoms with E-state index in [1.807, 2.05) is 0 Å². The molecule has 2 fully saturated rings. The molecule has 0 aromatic rings. The first kappa shape index (κ1) is 12.8. The van der Waals surface area contributed by atoms with E-state index < -0.39 is 11.1 Å². The second-order valence-electron chi connectivity index (χ2n) is 5.38. The van der Waals surface area contributed by atoms with Crippen LogP contribution in [0, 0.1) is 0 Å². The third kappa shape index (κ3) is 2.97. The molecule has 1 heterocycles. The molecule has 0 radical (unpaired) electrons. The van der Waals surface area contributed by atoms with Crippen molar-refractivity contribution in [2.45, 2.75) is 49.7 Å². The summed E-state index contributed by atoms with van der Waals surface area (Å²) in [5, 5.41) is 13.0. The van der Waals surface area contributed by atoms with Crippen LogP contribution in [0.2, 0.25) is 0 Å². The third-order valence-corrected chi connectivity index (χ3v) is 3.95. The van der Waals surface area contributed by atoms with E-state index in [9.17, 15) is 9.90 Å². The van der Waals surface area contributed by atoms with Crippen molar-refractivity contribution in [1.29, 1.82) is 0 Å². The van der Waals surface area contributed by atoms with E-state index in [4.69, 9.17) is 10.5 Å². The first-order valence-electron chi connectivity index (χ1n) is 6.42. The molecule has 5 heteroatoms. The molecule has 2 rings (SSSR count). The summed E-state index contributed by atoms with van der Waals surface area (Å²) in [6, 6.07) is 0. The molecule has 4 N–H and O–H groups in total. The average Bonchev–Trinajstić information content (AvgIpc) is 2.75. The van der Waals surface area contributed by atoms with E-state index in [0.29, 0.717) is 26.1 Å². The summed E-state index contributed by atoms with van der Waals surface area (Å²) in [5.74, 6) is -0.116. The monoisotopic (exact) mass is 242 g/mol. The molecule has 0 bridgehead atoms. The van der Waals surface area contributed by atoms with Gasteiger partial charge in [-0.2, -0.15) is 0 Å². The van der Waals surface area contributed by atoms with Crippen LogP contribution < -0.4 is 11.1 Å². The Balaban J connectivity index is 1.83. The van der Waals surface area contributed by atoms with Crippen LogP contribution in [-0.2, 0) is 9.53 Å². The quantitative estimate of drug-likeness (QED) is 0.646. The number of hydrogen-bond acceptors (Lipinski definition) is 4. The van der Waals surface area contributed by atoms with Gasteiger partial charge in [-0.25, -0.2) is 0 Å². The van der Waals surface area contributed by atoms with Crippen molar-refractivity contribution in [1.82, 2.24) is 5.32 Å². The van der Waals surface area contributed by atoms with Gasteiger partial charge in [0.2, 0.25) is 5.91 Å². The smallest absolute Gasteiger partial charge is 0.240 e. The molecule has 2 aliphatic rings. The summed E-state index contributed by atoms with van der Waals surface area (Å²) in [7, 11) is 0. The van der Waals surface area contributed by atoms with Gasteiger partial charge in [0.05, 0.1) is 11.1 Å². The van der Waals surface area contributed by atoms with Crippen LogP contribution >= 0.6 is 0 Å². The molecule has 0 aromatic carbocycles. The normalized spacial score (nSPS) is 26.7. The highest BCUT2D eigenvalue weighted by Gasteiger charge is 2.38. The molecule has 17 heavy (non-hydrogen) atoms. The van der Waals surface area contributed by atoms with Crippen molar-refractivity contribution in [2.75, 3.05) is 19.8 Å². The molecule has 5 nitrogen and oxygen atoms in total. The minimum absolute atomic E-state index is 0.116. The van der Waals surface area contributed by atoms with Crippen molar-refractivity contribution in [2.24, 2.45) is 5.73 Å². The van der Waals surface area contributed by atoms with E-state index in [1.165, 1.54) is 0 Å². The maximum Gasteiger partial charge on any atom is 0.240 e. The van der Waals surface area contributed by atoms with Gasteiger partial charge in [-0.05, 0) is 12.8 Å². The lowest BCUT2D eigenvalue weighted by atomic mass is 9.93. The molecule has 0 spiro atoms. The van der Waals surface area contributed by atoms with Crippen LogP contribution in [0.15, 0.2) is 0 Å². The molecule has 0 unspecified atom stereocenters. The van der Waals surface area contributed by atoms with Crippen molar-refractivity contribution in [3.05, 3.63) is 0 Å². The number of rotatable bonds is 3. The van der Waals surface area contributed by atoms with Crippen LogP contribution in [0.5, 0.6) is 0 Å². The molecule has 1 aliphatic carbocycles. The van der Waals surface area contributed by atoms with Crippen LogP contribution in [-0.4, -0.2) is 41.9 Å². The highest BCUT2D eigenvalue weighted by Crippen LogP contribution is 2.27. The molecule has 1 amide bonds. The number of hydrogen-bond donors (Lipinski definition) is 3. The summed E-state index contributed by atoms with van der Waals surface area (Å²) in [4.78, 5) is 12.0. The fourth-order valence-electron chi connectivity index (χ4n) is 2.58. The molecule has 1 aliphatic heterocycles. The van der Waals surface area contributed by atoms with E-state index in [1.54, 1.807) is 0 Å². The van der Waals surface area contributed by atoms with Crippen LogP contribution in [0.1, 0.15) is 38.5 Å². The molecule has 0 atom stereocenters. The molecule has 0 aromatic heterocycles. The Morgan fingerprint density at radius 2 is 1.82 bits per heavy atom. The van der Waals surface area contributed by atoms with Crippen LogP contribution in [0.4, 0.5) is 0 Å². The van der Waals surface area contributed by atoms with Gasteiger partial charge < -0.3 is 20.9 Å². The predicted molar refractivity (Wildman–Crippen MR) is 63.4 cm³/mol. The summed E-state index contributed by atoms with van der Waals surface area (Å²) in [5.41, 5.74) is 4.52. The number of nitrogens with one attached hydrogen (secondary N) is 1. The summed E-state index contributed by atoms with van der Waals surface area (Å²) in [6.45, 7) is 1.40. The lowest BCUT2D eigenvalue weighted by molar-refractivity contribution is -0.128. The molecular formula is C12H22N2O3. The van der Waals surface area contributed by atoms with Gasteiger partial charge >= 0.3 is 0 Å². The summed E-state index contributed by atoms with van der Waals surface area (Å²) >= 11 is 0. The topological polar surface area (TPSA) is 84.6 Å². The number of carbonyl (C=O) groups is 1. The number of ether oxygens (including phenoxy) is 1. The lowest BCUT2D eigenvalue weighted by Crippen LogP contribution is -2.56. The highest BCUT2D eigenvalue weighted by molar-refractivity contribution is 5.86. The fourth-order valence-corrected chi connectivity index (χ4v) is 2.58. The van der Waals surface area contributed by atoms with E-state index in [-0.39, 0.29) is 12.5 Å². The zero-order chi connectivity index (χ0) is 12.4. The summed E-state index contributed by atoms with van der Waals surface area (Å²) in [6.07, 6.45) is 4.68. The highest BCUT2D eigenvalue weighted by atomic mass is 16.5. The lowest BCUT2D eigenvalue weighted by Gasteiger charge is -2.33. The van der Waals surface area contributed by atoms with Gasteiger partial charge in [-0.3, -0.25) is 4.79 Å². The Hall–Kier alpha value is -0.650. The summed E-state index contributed by atoms with van der Waals surface area (Å²) < 4.78 is 5.19. The molecular weight excluding hydrogens is 220 g/mol. The minimum atomic E-state index is -0.817. The van der Waals surface area contributed by atoms with Crippen molar-refractivity contribution in [3.63, 3.8) is 0 Å². The van der Waals surface area contributed by atoms with Crippen molar-refractivity contribution >= 4 is 5.91 Å². The van der Waals surface area contributed by atoms with E-state index in [0.717, 1.165) is 25.7 Å². The predicted octanol–water partition coefficient (Wildman–Crippen LogP) is -0.0844. The third-order valence-electron chi connectivity index (χ3n) is 3.95. The Bertz CT molecular complexity index is 281. The number of aliphatic hydroxyl groups is 1. The SMILES string of the molecule is NC1(C(=O)NCC2(O)CCOCC2)CCCC1. The molecule has 1 saturated carbocycles. The Kier molecular flexibility index (Phi) is 3.70. The van der Waals surface area contributed by atoms with Gasteiger partial charge in [-0.15, -0.1) is 0 Å². The second-order valence-corrected chi connectivity index (χ2v) is 5.38. The van der Waals surface area contributed by atoms with Gasteiger partial charge in [0.15, 0.2) is 0 Å².